The Morgan fingerprint density at radius 1 is 1.18 bits per heavy atom. The van der Waals surface area contributed by atoms with Crippen LogP contribution in [0.1, 0.15) is 11.6 Å². The Balaban J connectivity index is 0.00000144. The van der Waals surface area contributed by atoms with E-state index in [1.165, 1.54) is 0 Å². The number of nitrogens with zero attached hydrogens (tertiary/aromatic N) is 1. The summed E-state index contributed by atoms with van der Waals surface area (Å²) >= 11 is 0. The molecule has 0 bridgehead atoms. The van der Waals surface area contributed by atoms with Crippen molar-refractivity contribution in [3.05, 3.63) is 29.8 Å². The molecule has 5 heteroatoms. The molecule has 0 aromatic heterocycles. The molecule has 0 aliphatic carbocycles. The van der Waals surface area contributed by atoms with E-state index in [9.17, 15) is 10.2 Å². The van der Waals surface area contributed by atoms with Gasteiger partial charge in [0.05, 0.1) is 12.6 Å². The summed E-state index contributed by atoms with van der Waals surface area (Å²) in [5.41, 5.74) is 1.06. The highest BCUT2D eigenvalue weighted by molar-refractivity contribution is 5.85. The van der Waals surface area contributed by atoms with Crippen LogP contribution in [0.25, 0.3) is 0 Å². The monoisotopic (exact) mass is 258 g/mol. The molecule has 1 fully saturated rings. The standard InChI is InChI=1S/C12H18N2O2.ClH/c15-9-12(14-7-5-13-6-8-14)10-1-3-11(16)4-2-10;/h1-4,12-13,15-16H,5-9H2;1H/t12-;/m0./s1. The van der Waals surface area contributed by atoms with Gasteiger partial charge in [0, 0.05) is 26.2 Å². The molecule has 0 saturated carbocycles. The molecule has 0 spiro atoms. The lowest BCUT2D eigenvalue weighted by molar-refractivity contribution is 0.111. The van der Waals surface area contributed by atoms with Crippen LogP contribution in [-0.2, 0) is 0 Å². The predicted octanol–water partition coefficient (Wildman–Crippen LogP) is 0.753. The topological polar surface area (TPSA) is 55.7 Å². The molecule has 2 rings (SSSR count). The number of aliphatic hydroxyl groups is 1. The third kappa shape index (κ3) is 3.57. The van der Waals surface area contributed by atoms with Crippen molar-refractivity contribution in [2.45, 2.75) is 6.04 Å². The Hall–Kier alpha value is -0.810. The number of aromatic hydroxyl groups is 1. The Kier molecular flexibility index (Phi) is 5.71. The van der Waals surface area contributed by atoms with Crippen molar-refractivity contribution in [2.75, 3.05) is 32.8 Å². The zero-order chi connectivity index (χ0) is 11.4. The van der Waals surface area contributed by atoms with Gasteiger partial charge in [-0.25, -0.2) is 0 Å². The van der Waals surface area contributed by atoms with Crippen LogP contribution in [0.5, 0.6) is 5.75 Å². The van der Waals surface area contributed by atoms with Crippen molar-refractivity contribution in [1.29, 1.82) is 0 Å². The third-order valence-corrected chi connectivity index (χ3v) is 3.04. The maximum absolute atomic E-state index is 9.48. The van der Waals surface area contributed by atoms with E-state index in [4.69, 9.17) is 0 Å². The van der Waals surface area contributed by atoms with E-state index in [0.29, 0.717) is 0 Å². The molecule has 1 saturated heterocycles. The maximum atomic E-state index is 9.48. The van der Waals surface area contributed by atoms with Crippen LogP contribution < -0.4 is 5.32 Å². The number of piperazine rings is 1. The van der Waals surface area contributed by atoms with Crippen molar-refractivity contribution >= 4 is 12.4 Å². The molecule has 96 valence electrons. The number of hydrogen-bond donors (Lipinski definition) is 3. The smallest absolute Gasteiger partial charge is 0.115 e. The molecular weight excluding hydrogens is 240 g/mol. The van der Waals surface area contributed by atoms with Gasteiger partial charge in [-0.05, 0) is 17.7 Å². The van der Waals surface area contributed by atoms with Crippen molar-refractivity contribution in [1.82, 2.24) is 10.2 Å². The second-order valence-electron chi connectivity index (χ2n) is 4.08. The van der Waals surface area contributed by atoms with Gasteiger partial charge in [0.15, 0.2) is 0 Å². The summed E-state index contributed by atoms with van der Waals surface area (Å²) in [6, 6.07) is 7.12. The van der Waals surface area contributed by atoms with Gasteiger partial charge in [0.1, 0.15) is 5.75 Å². The minimum atomic E-state index is 0. The number of phenols is 1. The molecule has 3 N–H and O–H groups in total. The first kappa shape index (κ1) is 14.3. The first-order valence-electron chi connectivity index (χ1n) is 5.66. The summed E-state index contributed by atoms with van der Waals surface area (Å²) in [7, 11) is 0. The lowest BCUT2D eigenvalue weighted by atomic mass is 10.1. The van der Waals surface area contributed by atoms with Crippen LogP contribution in [0, 0.1) is 0 Å². The van der Waals surface area contributed by atoms with Crippen LogP contribution in [0.2, 0.25) is 0 Å². The maximum Gasteiger partial charge on any atom is 0.115 e. The fraction of sp³-hybridized carbons (Fsp3) is 0.500. The molecule has 1 aliphatic rings. The van der Waals surface area contributed by atoms with Gasteiger partial charge in [-0.15, -0.1) is 12.4 Å². The number of hydrogen-bond acceptors (Lipinski definition) is 4. The predicted molar refractivity (Wildman–Crippen MR) is 69.6 cm³/mol. The summed E-state index contributed by atoms with van der Waals surface area (Å²) in [5, 5.41) is 22.0. The fourth-order valence-electron chi connectivity index (χ4n) is 2.12. The first-order valence-corrected chi connectivity index (χ1v) is 5.66. The van der Waals surface area contributed by atoms with Gasteiger partial charge in [-0.2, -0.15) is 0 Å². The fourth-order valence-corrected chi connectivity index (χ4v) is 2.12. The van der Waals surface area contributed by atoms with Gasteiger partial charge in [-0.3, -0.25) is 4.90 Å². The largest absolute Gasteiger partial charge is 0.508 e. The minimum Gasteiger partial charge on any atom is -0.508 e. The Morgan fingerprint density at radius 2 is 1.76 bits per heavy atom. The van der Waals surface area contributed by atoms with Crippen molar-refractivity contribution in [3.8, 4) is 5.75 Å². The van der Waals surface area contributed by atoms with E-state index in [1.807, 2.05) is 12.1 Å². The second-order valence-corrected chi connectivity index (χ2v) is 4.08. The van der Waals surface area contributed by atoms with Gasteiger partial charge >= 0.3 is 0 Å². The van der Waals surface area contributed by atoms with Crippen molar-refractivity contribution < 1.29 is 10.2 Å². The summed E-state index contributed by atoms with van der Waals surface area (Å²) in [6.45, 7) is 3.95. The highest BCUT2D eigenvalue weighted by Crippen LogP contribution is 2.22. The zero-order valence-corrected chi connectivity index (χ0v) is 10.5. The van der Waals surface area contributed by atoms with Gasteiger partial charge < -0.3 is 15.5 Å². The number of aliphatic hydroxyl groups excluding tert-OH is 1. The third-order valence-electron chi connectivity index (χ3n) is 3.04. The molecule has 0 radical (unpaired) electrons. The zero-order valence-electron chi connectivity index (χ0n) is 9.67. The molecule has 0 unspecified atom stereocenters. The van der Waals surface area contributed by atoms with Crippen LogP contribution in [-0.4, -0.2) is 47.9 Å². The highest BCUT2D eigenvalue weighted by atomic mass is 35.5. The van der Waals surface area contributed by atoms with E-state index < -0.39 is 0 Å². The Bertz CT molecular complexity index is 326. The average Bonchev–Trinajstić information content (AvgIpc) is 2.34. The normalized spacial score (nSPS) is 18.4. The summed E-state index contributed by atoms with van der Waals surface area (Å²) < 4.78 is 0. The molecular formula is C12H19ClN2O2. The second kappa shape index (κ2) is 6.81. The minimum absolute atomic E-state index is 0. The molecule has 1 aliphatic heterocycles. The molecule has 4 nitrogen and oxygen atoms in total. The van der Waals surface area contributed by atoms with E-state index >= 15 is 0 Å². The number of benzene rings is 1. The van der Waals surface area contributed by atoms with Crippen LogP contribution in [0.3, 0.4) is 0 Å². The molecule has 0 amide bonds. The van der Waals surface area contributed by atoms with Crippen molar-refractivity contribution in [3.63, 3.8) is 0 Å². The highest BCUT2D eigenvalue weighted by Gasteiger charge is 2.20. The summed E-state index contributed by atoms with van der Waals surface area (Å²) in [6.07, 6.45) is 0. The average molecular weight is 259 g/mol. The summed E-state index contributed by atoms with van der Waals surface area (Å²) in [4.78, 5) is 2.27. The first-order chi connectivity index (χ1) is 7.81. The lowest BCUT2D eigenvalue weighted by Gasteiger charge is -2.34. The molecule has 17 heavy (non-hydrogen) atoms. The van der Waals surface area contributed by atoms with Crippen molar-refractivity contribution in [2.24, 2.45) is 0 Å². The quantitative estimate of drug-likeness (QED) is 0.749. The van der Waals surface area contributed by atoms with E-state index in [2.05, 4.69) is 10.2 Å². The van der Waals surface area contributed by atoms with Gasteiger partial charge in [-0.1, -0.05) is 12.1 Å². The SMILES string of the molecule is Cl.OC[C@@H](c1ccc(O)cc1)N1CCNCC1. The van der Waals surface area contributed by atoms with Crippen LogP contribution in [0.4, 0.5) is 0 Å². The number of phenolic OH excluding ortho intramolecular Hbond substituents is 1. The number of halogens is 1. The molecule has 1 heterocycles. The number of rotatable bonds is 3. The molecule has 1 atom stereocenters. The lowest BCUT2D eigenvalue weighted by Crippen LogP contribution is -2.46. The molecule has 1 aromatic carbocycles. The Labute approximate surface area is 108 Å². The summed E-state index contributed by atoms with van der Waals surface area (Å²) in [5.74, 6) is 0.265. The van der Waals surface area contributed by atoms with E-state index in [-0.39, 0.29) is 30.8 Å². The number of nitrogens with one attached hydrogen (secondary N) is 1. The Morgan fingerprint density at radius 3 is 2.29 bits per heavy atom. The van der Waals surface area contributed by atoms with E-state index in [1.54, 1.807) is 12.1 Å². The van der Waals surface area contributed by atoms with Crippen LogP contribution in [0.15, 0.2) is 24.3 Å². The van der Waals surface area contributed by atoms with E-state index in [0.717, 1.165) is 31.7 Å². The molecule has 1 aromatic rings. The van der Waals surface area contributed by atoms with Gasteiger partial charge in [0.25, 0.3) is 0 Å². The van der Waals surface area contributed by atoms with Crippen LogP contribution >= 0.6 is 12.4 Å². The van der Waals surface area contributed by atoms with Gasteiger partial charge in [0.2, 0.25) is 0 Å².